The molecule has 1 unspecified atom stereocenters. The number of thiophene rings is 1. The van der Waals surface area contributed by atoms with Crippen LogP contribution in [0.1, 0.15) is 17.2 Å². The average molecular weight is 329 g/mol. The maximum Gasteiger partial charge on any atom is 0.315 e. The molecule has 1 atom stereocenters. The van der Waals surface area contributed by atoms with E-state index in [1.165, 1.54) is 23.5 Å². The predicted molar refractivity (Wildman–Crippen MR) is 80.9 cm³/mol. The molecule has 0 fully saturated rings. The van der Waals surface area contributed by atoms with Gasteiger partial charge in [-0.25, -0.2) is 9.18 Å². The highest BCUT2D eigenvalue weighted by atomic mass is 35.5. The molecule has 1 aromatic carbocycles. The van der Waals surface area contributed by atoms with Gasteiger partial charge in [0.2, 0.25) is 0 Å². The van der Waals surface area contributed by atoms with Crippen LogP contribution in [0, 0.1) is 5.82 Å². The van der Waals surface area contributed by atoms with E-state index < -0.39 is 18.0 Å². The number of halogens is 2. The number of hydrogen-bond donors (Lipinski definition) is 3. The SMILES string of the molecule is O=C(NCc1ccc(F)c(Cl)c1)NCC(O)c1ccsc1. The van der Waals surface area contributed by atoms with Crippen LogP contribution in [0.4, 0.5) is 9.18 Å². The highest BCUT2D eigenvalue weighted by Crippen LogP contribution is 2.16. The molecule has 112 valence electrons. The molecule has 2 aromatic rings. The van der Waals surface area contributed by atoms with Crippen molar-refractivity contribution in [2.24, 2.45) is 0 Å². The van der Waals surface area contributed by atoms with E-state index in [0.717, 1.165) is 5.56 Å². The number of nitrogens with one attached hydrogen (secondary N) is 2. The second-order valence-corrected chi connectivity index (χ2v) is 5.57. The number of urea groups is 1. The summed E-state index contributed by atoms with van der Waals surface area (Å²) in [5.41, 5.74) is 1.46. The van der Waals surface area contributed by atoms with Crippen molar-refractivity contribution in [2.45, 2.75) is 12.6 Å². The molecule has 0 saturated carbocycles. The topological polar surface area (TPSA) is 61.4 Å². The molecular formula is C14H14ClFN2O2S. The second-order valence-electron chi connectivity index (χ2n) is 4.38. The molecule has 0 aliphatic heterocycles. The van der Waals surface area contributed by atoms with Crippen molar-refractivity contribution >= 4 is 29.0 Å². The summed E-state index contributed by atoms with van der Waals surface area (Å²) < 4.78 is 13.0. The van der Waals surface area contributed by atoms with Gasteiger partial charge in [0.25, 0.3) is 0 Å². The highest BCUT2D eigenvalue weighted by molar-refractivity contribution is 7.07. The second kappa shape index (κ2) is 7.40. The van der Waals surface area contributed by atoms with Crippen LogP contribution in [0.3, 0.4) is 0 Å². The van der Waals surface area contributed by atoms with Crippen molar-refractivity contribution in [3.8, 4) is 0 Å². The van der Waals surface area contributed by atoms with Gasteiger partial charge in [-0.05, 0) is 40.1 Å². The van der Waals surface area contributed by atoms with Crippen LogP contribution in [0.5, 0.6) is 0 Å². The molecule has 21 heavy (non-hydrogen) atoms. The molecule has 0 radical (unpaired) electrons. The molecule has 0 saturated heterocycles. The third-order valence-corrected chi connectivity index (χ3v) is 3.81. The number of aliphatic hydroxyl groups is 1. The minimum Gasteiger partial charge on any atom is -0.387 e. The lowest BCUT2D eigenvalue weighted by Crippen LogP contribution is -2.37. The summed E-state index contributed by atoms with van der Waals surface area (Å²) in [6.45, 7) is 0.340. The number of amides is 2. The maximum absolute atomic E-state index is 13.0. The van der Waals surface area contributed by atoms with Crippen molar-refractivity contribution in [3.63, 3.8) is 0 Å². The largest absolute Gasteiger partial charge is 0.387 e. The Bertz CT molecular complexity index is 607. The fraction of sp³-hybridized carbons (Fsp3) is 0.214. The van der Waals surface area contributed by atoms with E-state index in [9.17, 15) is 14.3 Å². The van der Waals surface area contributed by atoms with Gasteiger partial charge in [-0.2, -0.15) is 11.3 Å². The van der Waals surface area contributed by atoms with Crippen molar-refractivity contribution in [1.82, 2.24) is 10.6 Å². The predicted octanol–water partition coefficient (Wildman–Crippen LogP) is 3.07. The van der Waals surface area contributed by atoms with Gasteiger partial charge in [-0.1, -0.05) is 17.7 Å². The summed E-state index contributed by atoms with van der Waals surface area (Å²) in [5.74, 6) is -0.497. The van der Waals surface area contributed by atoms with Crippen LogP contribution in [0.2, 0.25) is 5.02 Å². The van der Waals surface area contributed by atoms with Crippen LogP contribution in [-0.4, -0.2) is 17.7 Å². The summed E-state index contributed by atoms with van der Waals surface area (Å²) in [6, 6.07) is 5.64. The zero-order valence-electron chi connectivity index (χ0n) is 11.0. The Morgan fingerprint density at radius 1 is 1.38 bits per heavy atom. The molecule has 1 aromatic heterocycles. The molecule has 0 spiro atoms. The number of carbonyl (C=O) groups is 1. The van der Waals surface area contributed by atoms with Crippen molar-refractivity contribution in [3.05, 3.63) is 57.0 Å². The summed E-state index contributed by atoms with van der Waals surface area (Å²) in [5, 5.41) is 18.7. The first kappa shape index (κ1) is 15.8. The first-order chi connectivity index (χ1) is 10.1. The molecular weight excluding hydrogens is 315 g/mol. The van der Waals surface area contributed by atoms with Crippen LogP contribution in [0.25, 0.3) is 0 Å². The quantitative estimate of drug-likeness (QED) is 0.790. The summed E-state index contributed by atoms with van der Waals surface area (Å²) in [7, 11) is 0. The van der Waals surface area contributed by atoms with E-state index in [-0.39, 0.29) is 18.1 Å². The maximum atomic E-state index is 13.0. The van der Waals surface area contributed by atoms with Crippen molar-refractivity contribution in [1.29, 1.82) is 0 Å². The lowest BCUT2D eigenvalue weighted by molar-refractivity contribution is 0.173. The van der Waals surface area contributed by atoms with Gasteiger partial charge in [0, 0.05) is 13.1 Å². The van der Waals surface area contributed by atoms with Crippen molar-refractivity contribution in [2.75, 3.05) is 6.54 Å². The lowest BCUT2D eigenvalue weighted by atomic mass is 10.2. The van der Waals surface area contributed by atoms with Gasteiger partial charge >= 0.3 is 6.03 Å². The van der Waals surface area contributed by atoms with Gasteiger partial charge in [0.05, 0.1) is 11.1 Å². The van der Waals surface area contributed by atoms with E-state index in [1.54, 1.807) is 12.1 Å². The Hall–Kier alpha value is -1.63. The number of benzene rings is 1. The minimum atomic E-state index is -0.734. The van der Waals surface area contributed by atoms with Gasteiger partial charge in [0.1, 0.15) is 5.82 Å². The molecule has 2 rings (SSSR count). The summed E-state index contributed by atoms with van der Waals surface area (Å²) in [6.07, 6.45) is -0.734. The van der Waals surface area contributed by atoms with E-state index >= 15 is 0 Å². The van der Waals surface area contributed by atoms with Crippen LogP contribution in [-0.2, 0) is 6.54 Å². The molecule has 0 bridgehead atoms. The Balaban J connectivity index is 1.75. The third kappa shape index (κ3) is 4.70. The Morgan fingerprint density at radius 3 is 2.86 bits per heavy atom. The molecule has 3 N–H and O–H groups in total. The van der Waals surface area contributed by atoms with E-state index in [0.29, 0.717) is 5.56 Å². The first-order valence-corrected chi connectivity index (χ1v) is 7.54. The number of aliphatic hydroxyl groups excluding tert-OH is 1. The van der Waals surface area contributed by atoms with Crippen LogP contribution >= 0.6 is 22.9 Å². The smallest absolute Gasteiger partial charge is 0.315 e. The van der Waals surface area contributed by atoms with Gasteiger partial charge in [-0.15, -0.1) is 0 Å². The number of carbonyl (C=O) groups excluding carboxylic acids is 1. The molecule has 4 nitrogen and oxygen atoms in total. The zero-order valence-corrected chi connectivity index (χ0v) is 12.5. The Kier molecular flexibility index (Phi) is 5.55. The summed E-state index contributed by atoms with van der Waals surface area (Å²) >= 11 is 7.13. The zero-order chi connectivity index (χ0) is 15.2. The lowest BCUT2D eigenvalue weighted by Gasteiger charge is -2.11. The van der Waals surface area contributed by atoms with Crippen molar-refractivity contribution < 1.29 is 14.3 Å². The van der Waals surface area contributed by atoms with Crippen LogP contribution < -0.4 is 10.6 Å². The van der Waals surface area contributed by atoms with E-state index in [2.05, 4.69) is 10.6 Å². The molecule has 2 amide bonds. The molecule has 7 heteroatoms. The highest BCUT2D eigenvalue weighted by Gasteiger charge is 2.09. The minimum absolute atomic E-state index is 0.0163. The third-order valence-electron chi connectivity index (χ3n) is 2.82. The number of hydrogen-bond acceptors (Lipinski definition) is 3. The summed E-state index contributed by atoms with van der Waals surface area (Å²) in [4.78, 5) is 11.6. The van der Waals surface area contributed by atoms with E-state index in [1.807, 2.05) is 10.8 Å². The fourth-order valence-electron chi connectivity index (χ4n) is 1.67. The van der Waals surface area contributed by atoms with Gasteiger partial charge < -0.3 is 15.7 Å². The Labute approximate surface area is 130 Å². The average Bonchev–Trinajstić information content (AvgIpc) is 3.00. The first-order valence-electron chi connectivity index (χ1n) is 6.22. The standard InChI is InChI=1S/C14H14ClFN2O2S/c15-11-5-9(1-2-12(11)16)6-17-14(20)18-7-13(19)10-3-4-21-8-10/h1-5,8,13,19H,6-7H2,(H2,17,18,20). The van der Waals surface area contributed by atoms with Gasteiger partial charge in [0.15, 0.2) is 0 Å². The number of rotatable bonds is 5. The Morgan fingerprint density at radius 2 is 2.19 bits per heavy atom. The fourth-order valence-corrected chi connectivity index (χ4v) is 2.58. The normalized spacial score (nSPS) is 12.0. The molecule has 0 aliphatic carbocycles. The van der Waals surface area contributed by atoms with E-state index in [4.69, 9.17) is 11.6 Å². The monoisotopic (exact) mass is 328 g/mol. The van der Waals surface area contributed by atoms with Crippen LogP contribution in [0.15, 0.2) is 35.0 Å². The van der Waals surface area contributed by atoms with Gasteiger partial charge in [-0.3, -0.25) is 0 Å². The molecule has 0 aliphatic rings. The molecule has 1 heterocycles.